The molecule has 0 radical (unpaired) electrons. The van der Waals surface area contributed by atoms with Crippen molar-refractivity contribution in [2.75, 3.05) is 13.1 Å². The van der Waals surface area contributed by atoms with Crippen molar-refractivity contribution in [2.24, 2.45) is 13.0 Å². The molecule has 0 bridgehead atoms. The number of nitrogens with one attached hydrogen (secondary N) is 1. The van der Waals surface area contributed by atoms with Gasteiger partial charge in [-0.05, 0) is 51.2 Å². The van der Waals surface area contributed by atoms with Gasteiger partial charge in [-0.1, -0.05) is 0 Å². The molecule has 0 spiro atoms. The second-order valence-electron chi connectivity index (χ2n) is 7.83. The molecule has 1 saturated heterocycles. The van der Waals surface area contributed by atoms with E-state index in [1.807, 2.05) is 23.6 Å². The number of nitrogens with zero attached hydrogens (tertiary/aromatic N) is 4. The van der Waals surface area contributed by atoms with Crippen molar-refractivity contribution < 1.29 is 9.59 Å². The number of likely N-dealkylation sites (tertiary alicyclic amines) is 1. The topological polar surface area (TPSA) is 80.1 Å². The number of piperidine rings is 1. The zero-order valence-electron chi connectivity index (χ0n) is 16.5. The molecule has 7 heteroatoms. The van der Waals surface area contributed by atoms with Crippen molar-refractivity contribution in [3.05, 3.63) is 47.0 Å². The van der Waals surface area contributed by atoms with Crippen LogP contribution in [0.4, 0.5) is 0 Å². The monoisotopic (exact) mass is 381 g/mol. The van der Waals surface area contributed by atoms with E-state index in [1.54, 1.807) is 24.5 Å². The van der Waals surface area contributed by atoms with E-state index in [1.165, 1.54) is 11.3 Å². The molecule has 1 fully saturated rings. The first-order chi connectivity index (χ1) is 13.5. The number of rotatable bonds is 3. The van der Waals surface area contributed by atoms with Crippen LogP contribution in [0.1, 0.15) is 59.0 Å². The van der Waals surface area contributed by atoms with E-state index >= 15 is 0 Å². The van der Waals surface area contributed by atoms with Gasteiger partial charge in [0, 0.05) is 55.3 Å². The van der Waals surface area contributed by atoms with Gasteiger partial charge in [0.15, 0.2) is 0 Å². The summed E-state index contributed by atoms with van der Waals surface area (Å²) in [5.74, 6) is 0.0881. The van der Waals surface area contributed by atoms with Gasteiger partial charge in [-0.3, -0.25) is 19.3 Å². The third-order valence-electron chi connectivity index (χ3n) is 6.04. The summed E-state index contributed by atoms with van der Waals surface area (Å²) in [7, 11) is 1.98. The summed E-state index contributed by atoms with van der Waals surface area (Å²) in [6.07, 6.45) is 7.72. The van der Waals surface area contributed by atoms with Crippen LogP contribution in [0.25, 0.3) is 0 Å². The van der Waals surface area contributed by atoms with Crippen LogP contribution in [-0.2, 0) is 18.3 Å². The molecule has 0 saturated carbocycles. The molecule has 2 amide bonds. The number of aryl methyl sites for hydroxylation is 2. The summed E-state index contributed by atoms with van der Waals surface area (Å²) >= 11 is 0. The predicted octanol–water partition coefficient (Wildman–Crippen LogP) is 2.17. The van der Waals surface area contributed by atoms with Gasteiger partial charge in [0.1, 0.15) is 0 Å². The molecule has 1 aliphatic carbocycles. The normalized spacial score (nSPS) is 19.9. The first-order valence-electron chi connectivity index (χ1n) is 10.1. The highest BCUT2D eigenvalue weighted by molar-refractivity contribution is 5.94. The molecule has 2 aliphatic rings. The number of aromatic nitrogens is 3. The highest BCUT2D eigenvalue weighted by Crippen LogP contribution is 2.32. The summed E-state index contributed by atoms with van der Waals surface area (Å²) in [5, 5.41) is 7.81. The lowest BCUT2D eigenvalue weighted by molar-refractivity contribution is -0.127. The Morgan fingerprint density at radius 3 is 2.57 bits per heavy atom. The van der Waals surface area contributed by atoms with Crippen LogP contribution >= 0.6 is 0 Å². The lowest BCUT2D eigenvalue weighted by Crippen LogP contribution is -2.44. The second kappa shape index (κ2) is 7.73. The van der Waals surface area contributed by atoms with E-state index in [0.717, 1.165) is 25.0 Å². The maximum absolute atomic E-state index is 12.9. The Kier molecular flexibility index (Phi) is 5.15. The van der Waals surface area contributed by atoms with Crippen LogP contribution in [0.2, 0.25) is 0 Å². The summed E-state index contributed by atoms with van der Waals surface area (Å²) < 4.78 is 1.95. The van der Waals surface area contributed by atoms with Gasteiger partial charge >= 0.3 is 0 Å². The van der Waals surface area contributed by atoms with Gasteiger partial charge in [0.05, 0.1) is 11.7 Å². The summed E-state index contributed by atoms with van der Waals surface area (Å²) in [6.45, 7) is 3.24. The number of fused-ring (bicyclic) bond motifs is 1. The molecule has 0 aromatic carbocycles. The Morgan fingerprint density at radius 1 is 1.14 bits per heavy atom. The van der Waals surface area contributed by atoms with Crippen LogP contribution in [0.15, 0.2) is 24.5 Å². The van der Waals surface area contributed by atoms with Gasteiger partial charge in [-0.25, -0.2) is 0 Å². The third-order valence-corrected chi connectivity index (χ3v) is 6.04. The average Bonchev–Trinajstić information content (AvgIpc) is 3.03. The fourth-order valence-electron chi connectivity index (χ4n) is 4.55. The maximum Gasteiger partial charge on any atom is 0.253 e. The van der Waals surface area contributed by atoms with Crippen molar-refractivity contribution in [1.82, 2.24) is 25.0 Å². The average molecular weight is 381 g/mol. The number of hydrogen-bond donors (Lipinski definition) is 1. The lowest BCUT2D eigenvalue weighted by atomic mass is 9.89. The molecule has 3 heterocycles. The third kappa shape index (κ3) is 3.53. The standard InChI is InChI=1S/C21H27N5O2/c1-14-19-17(4-3-5-18(19)25(2)24-14)23-20(27)15-8-12-26(13-9-15)21(28)16-6-10-22-11-7-16/h6-7,10-11,15,17H,3-5,8-9,12-13H2,1-2H3,(H,23,27). The van der Waals surface area contributed by atoms with E-state index in [0.29, 0.717) is 31.5 Å². The number of carbonyl (C=O) groups is 2. The first-order valence-corrected chi connectivity index (χ1v) is 10.1. The van der Waals surface area contributed by atoms with E-state index in [9.17, 15) is 9.59 Å². The van der Waals surface area contributed by atoms with Gasteiger partial charge < -0.3 is 10.2 Å². The number of carbonyl (C=O) groups excluding carboxylic acids is 2. The van der Waals surface area contributed by atoms with Crippen LogP contribution < -0.4 is 5.32 Å². The SMILES string of the molecule is Cc1nn(C)c2c1C(NC(=O)C1CCN(C(=O)c3ccncc3)CC1)CCC2. The molecule has 1 aliphatic heterocycles. The zero-order valence-corrected chi connectivity index (χ0v) is 16.5. The van der Waals surface area contributed by atoms with Gasteiger partial charge in [-0.15, -0.1) is 0 Å². The van der Waals surface area contributed by atoms with Crippen molar-refractivity contribution in [3.8, 4) is 0 Å². The summed E-state index contributed by atoms with van der Waals surface area (Å²) in [5.41, 5.74) is 4.11. The lowest BCUT2D eigenvalue weighted by Gasteiger charge is -2.33. The Hall–Kier alpha value is -2.70. The van der Waals surface area contributed by atoms with Crippen LogP contribution in [0.3, 0.4) is 0 Å². The smallest absolute Gasteiger partial charge is 0.253 e. The quantitative estimate of drug-likeness (QED) is 0.884. The molecule has 1 unspecified atom stereocenters. The van der Waals surface area contributed by atoms with Crippen molar-refractivity contribution >= 4 is 11.8 Å². The van der Waals surface area contributed by atoms with Crippen LogP contribution in [-0.4, -0.2) is 44.6 Å². The number of hydrogen-bond acceptors (Lipinski definition) is 4. The van der Waals surface area contributed by atoms with Crippen molar-refractivity contribution in [3.63, 3.8) is 0 Å². The molecular weight excluding hydrogens is 354 g/mol. The first kappa shape index (κ1) is 18.7. The zero-order chi connectivity index (χ0) is 19.7. The van der Waals surface area contributed by atoms with Gasteiger partial charge in [0.2, 0.25) is 5.91 Å². The summed E-state index contributed by atoms with van der Waals surface area (Å²) in [4.78, 5) is 31.2. The minimum atomic E-state index is -0.0381. The molecule has 2 aromatic rings. The Labute approximate surface area is 165 Å². The Balaban J connectivity index is 1.36. The highest BCUT2D eigenvalue weighted by atomic mass is 16.2. The Morgan fingerprint density at radius 2 is 1.86 bits per heavy atom. The maximum atomic E-state index is 12.9. The molecule has 2 aromatic heterocycles. The van der Waals surface area contributed by atoms with Gasteiger partial charge in [0.25, 0.3) is 5.91 Å². The Bertz CT molecular complexity index is 868. The largest absolute Gasteiger partial charge is 0.349 e. The number of pyridine rings is 1. The number of amides is 2. The molecule has 148 valence electrons. The van der Waals surface area contributed by atoms with E-state index in [-0.39, 0.29) is 23.8 Å². The molecule has 1 N–H and O–H groups in total. The highest BCUT2D eigenvalue weighted by Gasteiger charge is 2.32. The van der Waals surface area contributed by atoms with Gasteiger partial charge in [-0.2, -0.15) is 5.10 Å². The fraction of sp³-hybridized carbons (Fsp3) is 0.524. The van der Waals surface area contributed by atoms with E-state index in [2.05, 4.69) is 15.4 Å². The predicted molar refractivity (Wildman–Crippen MR) is 105 cm³/mol. The fourth-order valence-corrected chi connectivity index (χ4v) is 4.55. The van der Waals surface area contributed by atoms with Crippen LogP contribution in [0.5, 0.6) is 0 Å². The molecule has 4 rings (SSSR count). The molecule has 28 heavy (non-hydrogen) atoms. The molecular formula is C21H27N5O2. The second-order valence-corrected chi connectivity index (χ2v) is 7.83. The van der Waals surface area contributed by atoms with Crippen molar-refractivity contribution in [2.45, 2.75) is 45.1 Å². The van der Waals surface area contributed by atoms with E-state index < -0.39 is 0 Å². The van der Waals surface area contributed by atoms with Crippen molar-refractivity contribution in [1.29, 1.82) is 0 Å². The molecule has 7 nitrogen and oxygen atoms in total. The van der Waals surface area contributed by atoms with Crippen LogP contribution in [0, 0.1) is 12.8 Å². The summed E-state index contributed by atoms with van der Waals surface area (Å²) in [6, 6.07) is 3.53. The minimum Gasteiger partial charge on any atom is -0.349 e. The van der Waals surface area contributed by atoms with E-state index in [4.69, 9.17) is 0 Å². The molecule has 1 atom stereocenters. The minimum absolute atomic E-state index is 0.0177.